The molecule has 2 heteroatoms. The van der Waals surface area contributed by atoms with Gasteiger partial charge in [-0.3, -0.25) is 0 Å². The van der Waals surface area contributed by atoms with Crippen molar-refractivity contribution in [1.82, 2.24) is 0 Å². The van der Waals surface area contributed by atoms with Crippen LogP contribution in [0.3, 0.4) is 0 Å². The van der Waals surface area contributed by atoms with E-state index in [1.807, 2.05) is 6.07 Å². The Morgan fingerprint density at radius 2 is 1.89 bits per heavy atom. The van der Waals surface area contributed by atoms with Crippen molar-refractivity contribution in [1.29, 1.82) is 0 Å². The summed E-state index contributed by atoms with van der Waals surface area (Å²) in [6.45, 7) is 2.17. The van der Waals surface area contributed by atoms with Gasteiger partial charge < -0.3 is 5.11 Å². The summed E-state index contributed by atoms with van der Waals surface area (Å²) < 4.78 is 13.9. The first-order chi connectivity index (χ1) is 9.20. The monoisotopic (exact) mass is 256 g/mol. The van der Waals surface area contributed by atoms with Crippen LogP contribution in [0, 0.1) is 5.82 Å². The Morgan fingerprint density at radius 3 is 2.68 bits per heavy atom. The average Bonchev–Trinajstić information content (AvgIpc) is 2.42. The Balaban J connectivity index is 2.12. The predicted octanol–water partition coefficient (Wildman–Crippen LogP) is 4.25. The molecule has 0 saturated heterocycles. The summed E-state index contributed by atoms with van der Waals surface area (Å²) in [5.74, 6) is -0.703. The molecule has 0 aliphatic heterocycles. The first kappa shape index (κ1) is 12.2. The number of fused-ring (bicyclic) bond motifs is 3. The van der Waals surface area contributed by atoms with Crippen LogP contribution < -0.4 is 0 Å². The van der Waals surface area contributed by atoms with E-state index in [0.29, 0.717) is 12.0 Å². The van der Waals surface area contributed by atoms with Crippen LogP contribution >= 0.6 is 0 Å². The second-order valence-corrected chi connectivity index (χ2v) is 5.17. The number of aromatic hydroxyl groups is 1. The largest absolute Gasteiger partial charge is 0.505 e. The van der Waals surface area contributed by atoms with Gasteiger partial charge in [0.2, 0.25) is 0 Å². The molecule has 1 aliphatic carbocycles. The molecule has 3 rings (SSSR count). The molecule has 1 nitrogen and oxygen atoms in total. The maximum atomic E-state index is 13.9. The topological polar surface area (TPSA) is 20.2 Å². The van der Waals surface area contributed by atoms with Gasteiger partial charge in [-0.05, 0) is 53.1 Å². The molecule has 0 radical (unpaired) electrons. The van der Waals surface area contributed by atoms with Crippen LogP contribution in [0.1, 0.15) is 30.0 Å². The van der Waals surface area contributed by atoms with Crippen LogP contribution in [0.2, 0.25) is 0 Å². The number of halogens is 1. The van der Waals surface area contributed by atoms with E-state index in [-0.39, 0.29) is 5.75 Å². The van der Waals surface area contributed by atoms with Crippen LogP contribution in [-0.4, -0.2) is 5.11 Å². The normalized spacial score (nSPS) is 12.9. The van der Waals surface area contributed by atoms with Crippen molar-refractivity contribution >= 4 is 0 Å². The second kappa shape index (κ2) is 4.69. The molecular weight excluding hydrogens is 239 g/mol. The van der Waals surface area contributed by atoms with Crippen molar-refractivity contribution in [3.8, 4) is 16.9 Å². The van der Waals surface area contributed by atoms with E-state index >= 15 is 0 Å². The maximum Gasteiger partial charge on any atom is 0.168 e. The zero-order valence-electron chi connectivity index (χ0n) is 11.0. The van der Waals surface area contributed by atoms with E-state index < -0.39 is 5.82 Å². The molecule has 0 fully saturated rings. The first-order valence-corrected chi connectivity index (χ1v) is 6.83. The van der Waals surface area contributed by atoms with E-state index in [1.54, 1.807) is 0 Å². The van der Waals surface area contributed by atoms with Gasteiger partial charge in [0, 0.05) is 0 Å². The number of phenols is 1. The van der Waals surface area contributed by atoms with Gasteiger partial charge in [-0.1, -0.05) is 37.6 Å². The number of rotatable bonds is 2. The first-order valence-electron chi connectivity index (χ1n) is 6.83. The minimum atomic E-state index is -0.458. The van der Waals surface area contributed by atoms with Crippen LogP contribution in [-0.2, 0) is 19.3 Å². The molecular formula is C17H17FO. The van der Waals surface area contributed by atoms with Crippen LogP contribution in [0.15, 0.2) is 30.3 Å². The quantitative estimate of drug-likeness (QED) is 0.851. The smallest absolute Gasteiger partial charge is 0.168 e. The van der Waals surface area contributed by atoms with Crippen LogP contribution in [0.4, 0.5) is 4.39 Å². The number of benzene rings is 2. The average molecular weight is 256 g/mol. The fourth-order valence-corrected chi connectivity index (χ4v) is 2.93. The third-order valence-corrected chi connectivity index (χ3v) is 3.87. The predicted molar refractivity (Wildman–Crippen MR) is 74.9 cm³/mol. The highest BCUT2D eigenvalue weighted by atomic mass is 19.1. The van der Waals surface area contributed by atoms with Gasteiger partial charge in [-0.25, -0.2) is 4.39 Å². The molecule has 0 saturated carbocycles. The molecule has 2 aromatic carbocycles. The summed E-state index contributed by atoms with van der Waals surface area (Å²) in [6, 6.07) is 9.73. The molecule has 0 heterocycles. The molecule has 98 valence electrons. The molecule has 0 amide bonds. The minimum absolute atomic E-state index is 0.246. The summed E-state index contributed by atoms with van der Waals surface area (Å²) in [7, 11) is 0. The van der Waals surface area contributed by atoms with Crippen molar-refractivity contribution in [2.24, 2.45) is 0 Å². The Bertz CT molecular complexity index is 631. The summed E-state index contributed by atoms with van der Waals surface area (Å²) >= 11 is 0. The van der Waals surface area contributed by atoms with Gasteiger partial charge in [0.25, 0.3) is 0 Å². The Hall–Kier alpha value is -1.83. The van der Waals surface area contributed by atoms with Crippen LogP contribution in [0.5, 0.6) is 5.75 Å². The van der Waals surface area contributed by atoms with Gasteiger partial charge in [0.05, 0.1) is 0 Å². The van der Waals surface area contributed by atoms with E-state index in [2.05, 4.69) is 25.1 Å². The molecule has 0 atom stereocenters. The molecule has 19 heavy (non-hydrogen) atoms. The summed E-state index contributed by atoms with van der Waals surface area (Å²) in [5, 5.41) is 9.46. The Kier molecular flexibility index (Phi) is 3.02. The lowest BCUT2D eigenvalue weighted by molar-refractivity contribution is 0.428. The molecule has 1 aliphatic rings. The number of aryl methyl sites for hydroxylation is 2. The zero-order valence-corrected chi connectivity index (χ0v) is 11.0. The van der Waals surface area contributed by atoms with E-state index in [0.717, 1.165) is 30.4 Å². The number of phenolic OH excluding ortho intramolecular Hbond substituents is 1. The second-order valence-electron chi connectivity index (χ2n) is 5.17. The van der Waals surface area contributed by atoms with Gasteiger partial charge in [0.15, 0.2) is 11.6 Å². The highest BCUT2D eigenvalue weighted by Crippen LogP contribution is 2.37. The molecule has 2 aromatic rings. The van der Waals surface area contributed by atoms with Gasteiger partial charge in [-0.15, -0.1) is 0 Å². The lowest BCUT2D eigenvalue weighted by atomic mass is 9.84. The van der Waals surface area contributed by atoms with Gasteiger partial charge in [0.1, 0.15) is 0 Å². The maximum absolute atomic E-state index is 13.9. The highest BCUT2D eigenvalue weighted by molar-refractivity contribution is 5.74. The van der Waals surface area contributed by atoms with Crippen molar-refractivity contribution in [3.05, 3.63) is 52.8 Å². The fraction of sp³-hybridized carbons (Fsp3) is 0.294. The number of hydrogen-bond donors (Lipinski definition) is 1. The van der Waals surface area contributed by atoms with Crippen molar-refractivity contribution < 1.29 is 9.50 Å². The molecule has 0 spiro atoms. The van der Waals surface area contributed by atoms with E-state index in [4.69, 9.17) is 0 Å². The fourth-order valence-electron chi connectivity index (χ4n) is 2.93. The molecule has 0 bridgehead atoms. The summed E-state index contributed by atoms with van der Waals surface area (Å²) in [4.78, 5) is 0. The van der Waals surface area contributed by atoms with Crippen LogP contribution in [0.25, 0.3) is 11.1 Å². The third kappa shape index (κ3) is 2.01. The van der Waals surface area contributed by atoms with Gasteiger partial charge >= 0.3 is 0 Å². The molecule has 0 aromatic heterocycles. The number of hydrogen-bond acceptors (Lipinski definition) is 1. The molecule has 1 N–H and O–H groups in total. The van der Waals surface area contributed by atoms with E-state index in [1.165, 1.54) is 17.2 Å². The lowest BCUT2D eigenvalue weighted by Crippen LogP contribution is -2.07. The van der Waals surface area contributed by atoms with Crippen molar-refractivity contribution in [3.63, 3.8) is 0 Å². The highest BCUT2D eigenvalue weighted by Gasteiger charge is 2.21. The molecule has 0 unspecified atom stereocenters. The van der Waals surface area contributed by atoms with Crippen molar-refractivity contribution in [2.45, 2.75) is 32.6 Å². The third-order valence-electron chi connectivity index (χ3n) is 3.87. The van der Waals surface area contributed by atoms with Crippen molar-refractivity contribution in [2.75, 3.05) is 0 Å². The Morgan fingerprint density at radius 1 is 1.11 bits per heavy atom. The Labute approximate surface area is 112 Å². The standard InChI is InChI=1S/C17H17FO/c1-2-3-11-4-6-13-12(10-11)5-7-15-14(13)8-9-16(19)17(15)18/h4,6,8-10,19H,2-3,5,7H2,1H3. The SMILES string of the molecule is CCCc1ccc2c(c1)CCc1c-2ccc(O)c1F. The zero-order chi connectivity index (χ0) is 13.4. The van der Waals surface area contributed by atoms with E-state index in [9.17, 15) is 9.50 Å². The summed E-state index contributed by atoms with van der Waals surface area (Å²) in [5.41, 5.74) is 5.34. The lowest BCUT2D eigenvalue weighted by Gasteiger charge is -2.21. The minimum Gasteiger partial charge on any atom is -0.505 e. The van der Waals surface area contributed by atoms with Gasteiger partial charge in [-0.2, -0.15) is 0 Å². The summed E-state index contributed by atoms with van der Waals surface area (Å²) in [6.07, 6.45) is 3.74.